The Bertz CT molecular complexity index is 364. The number of hydrogen-bond acceptors (Lipinski definition) is 3. The lowest BCUT2D eigenvalue weighted by Crippen LogP contribution is -2.23. The molecule has 2 nitrogen and oxygen atoms in total. The van der Waals surface area contributed by atoms with E-state index in [-0.39, 0.29) is 0 Å². The Labute approximate surface area is 119 Å². The molecule has 18 heavy (non-hydrogen) atoms. The van der Waals surface area contributed by atoms with E-state index >= 15 is 0 Å². The van der Waals surface area contributed by atoms with Crippen molar-refractivity contribution in [1.82, 2.24) is 9.88 Å². The molecule has 1 atom stereocenters. The summed E-state index contributed by atoms with van der Waals surface area (Å²) in [6.07, 6.45) is 3.70. The van der Waals surface area contributed by atoms with Crippen LogP contribution in [0.3, 0.4) is 0 Å². The SMILES string of the molecule is CC(C)C1CCN(CCCc2nc(CCl)cs2)C1. The van der Waals surface area contributed by atoms with Gasteiger partial charge in [0.1, 0.15) is 0 Å². The summed E-state index contributed by atoms with van der Waals surface area (Å²) in [4.78, 5) is 7.12. The molecule has 0 bridgehead atoms. The van der Waals surface area contributed by atoms with E-state index in [9.17, 15) is 0 Å². The molecule has 4 heteroatoms. The zero-order chi connectivity index (χ0) is 13.0. The summed E-state index contributed by atoms with van der Waals surface area (Å²) in [6.45, 7) is 8.49. The molecule has 2 heterocycles. The smallest absolute Gasteiger partial charge is 0.0929 e. The molecule has 1 aliphatic rings. The molecule has 2 rings (SSSR count). The van der Waals surface area contributed by atoms with Crippen LogP contribution in [-0.2, 0) is 12.3 Å². The van der Waals surface area contributed by atoms with Gasteiger partial charge in [0.15, 0.2) is 0 Å². The third kappa shape index (κ3) is 3.94. The number of alkyl halides is 1. The Morgan fingerprint density at radius 3 is 3.00 bits per heavy atom. The van der Waals surface area contributed by atoms with Gasteiger partial charge in [-0.3, -0.25) is 0 Å². The number of aromatic nitrogens is 1. The first-order valence-corrected chi connectivity index (χ1v) is 8.32. The van der Waals surface area contributed by atoms with E-state index in [0.29, 0.717) is 5.88 Å². The summed E-state index contributed by atoms with van der Waals surface area (Å²) in [7, 11) is 0. The van der Waals surface area contributed by atoms with Crippen LogP contribution in [0.4, 0.5) is 0 Å². The van der Waals surface area contributed by atoms with Crippen LogP contribution in [-0.4, -0.2) is 29.5 Å². The highest BCUT2D eigenvalue weighted by Crippen LogP contribution is 2.23. The Balaban J connectivity index is 1.67. The minimum atomic E-state index is 0.540. The molecule has 102 valence electrons. The molecule has 1 saturated heterocycles. The van der Waals surface area contributed by atoms with Crippen molar-refractivity contribution in [2.75, 3.05) is 19.6 Å². The second kappa shape index (κ2) is 6.88. The largest absolute Gasteiger partial charge is 0.303 e. The minimum Gasteiger partial charge on any atom is -0.303 e. The average molecular weight is 287 g/mol. The number of halogens is 1. The van der Waals surface area contributed by atoms with Crippen LogP contribution in [0.1, 0.15) is 37.4 Å². The highest BCUT2D eigenvalue weighted by molar-refractivity contribution is 7.09. The molecule has 0 aliphatic carbocycles. The molecule has 0 saturated carbocycles. The molecule has 1 aromatic rings. The topological polar surface area (TPSA) is 16.1 Å². The summed E-state index contributed by atoms with van der Waals surface area (Å²) in [6, 6.07) is 0. The lowest BCUT2D eigenvalue weighted by molar-refractivity contribution is 0.300. The maximum Gasteiger partial charge on any atom is 0.0929 e. The molecular formula is C14H23ClN2S. The molecule has 0 radical (unpaired) electrons. The van der Waals surface area contributed by atoms with Gasteiger partial charge in [-0.05, 0) is 37.8 Å². The second-order valence-electron chi connectivity index (χ2n) is 5.56. The van der Waals surface area contributed by atoms with E-state index in [0.717, 1.165) is 24.0 Å². The average Bonchev–Trinajstić information content (AvgIpc) is 2.97. The van der Waals surface area contributed by atoms with E-state index in [2.05, 4.69) is 29.1 Å². The fourth-order valence-corrected chi connectivity index (χ4v) is 3.66. The van der Waals surface area contributed by atoms with Crippen molar-refractivity contribution in [2.24, 2.45) is 11.8 Å². The molecule has 1 fully saturated rings. The van der Waals surface area contributed by atoms with Crippen molar-refractivity contribution >= 4 is 22.9 Å². The monoisotopic (exact) mass is 286 g/mol. The third-order valence-electron chi connectivity index (χ3n) is 3.85. The van der Waals surface area contributed by atoms with Crippen molar-refractivity contribution in [2.45, 2.75) is 39.0 Å². The van der Waals surface area contributed by atoms with Crippen LogP contribution in [0.15, 0.2) is 5.38 Å². The van der Waals surface area contributed by atoms with Crippen LogP contribution in [0.5, 0.6) is 0 Å². The first-order chi connectivity index (χ1) is 8.69. The fraction of sp³-hybridized carbons (Fsp3) is 0.786. The molecule has 0 aromatic carbocycles. The minimum absolute atomic E-state index is 0.540. The number of aryl methyl sites for hydroxylation is 1. The highest BCUT2D eigenvalue weighted by Gasteiger charge is 2.24. The van der Waals surface area contributed by atoms with Crippen LogP contribution in [0, 0.1) is 11.8 Å². The number of hydrogen-bond donors (Lipinski definition) is 0. The van der Waals surface area contributed by atoms with Crippen molar-refractivity contribution < 1.29 is 0 Å². The van der Waals surface area contributed by atoms with Crippen LogP contribution >= 0.6 is 22.9 Å². The van der Waals surface area contributed by atoms with Gasteiger partial charge in [-0.1, -0.05) is 13.8 Å². The van der Waals surface area contributed by atoms with Gasteiger partial charge in [0, 0.05) is 18.3 Å². The van der Waals surface area contributed by atoms with Gasteiger partial charge < -0.3 is 4.90 Å². The fourth-order valence-electron chi connectivity index (χ4n) is 2.59. The maximum atomic E-state index is 5.76. The van der Waals surface area contributed by atoms with Gasteiger partial charge in [-0.25, -0.2) is 4.98 Å². The molecule has 0 spiro atoms. The predicted octanol–water partition coefficient (Wildman–Crippen LogP) is 3.79. The van der Waals surface area contributed by atoms with Gasteiger partial charge in [-0.15, -0.1) is 22.9 Å². The van der Waals surface area contributed by atoms with Gasteiger partial charge in [0.05, 0.1) is 16.6 Å². The van der Waals surface area contributed by atoms with Crippen LogP contribution in [0.25, 0.3) is 0 Å². The molecule has 0 amide bonds. The first-order valence-electron chi connectivity index (χ1n) is 6.90. The van der Waals surface area contributed by atoms with E-state index in [4.69, 9.17) is 11.6 Å². The summed E-state index contributed by atoms with van der Waals surface area (Å²) in [5, 5.41) is 3.32. The van der Waals surface area contributed by atoms with E-state index in [1.54, 1.807) is 11.3 Å². The molecule has 1 unspecified atom stereocenters. The van der Waals surface area contributed by atoms with Gasteiger partial charge in [0.25, 0.3) is 0 Å². The summed E-state index contributed by atoms with van der Waals surface area (Å²) in [5.74, 6) is 2.28. The van der Waals surface area contributed by atoms with E-state index in [1.165, 1.54) is 37.5 Å². The van der Waals surface area contributed by atoms with Crippen molar-refractivity contribution in [3.8, 4) is 0 Å². The number of nitrogens with zero attached hydrogens (tertiary/aromatic N) is 2. The zero-order valence-corrected chi connectivity index (χ0v) is 12.9. The quantitative estimate of drug-likeness (QED) is 0.740. The van der Waals surface area contributed by atoms with E-state index < -0.39 is 0 Å². The summed E-state index contributed by atoms with van der Waals surface area (Å²) in [5.41, 5.74) is 1.03. The highest BCUT2D eigenvalue weighted by atomic mass is 35.5. The Hall–Kier alpha value is -0.120. The maximum absolute atomic E-state index is 5.76. The second-order valence-corrected chi connectivity index (χ2v) is 6.77. The normalized spacial score (nSPS) is 21.0. The Morgan fingerprint density at radius 1 is 1.56 bits per heavy atom. The Morgan fingerprint density at radius 2 is 2.39 bits per heavy atom. The first kappa shape index (κ1) is 14.3. The zero-order valence-electron chi connectivity index (χ0n) is 11.4. The number of thiazole rings is 1. The van der Waals surface area contributed by atoms with Gasteiger partial charge in [-0.2, -0.15) is 0 Å². The van der Waals surface area contributed by atoms with E-state index in [1.807, 2.05) is 0 Å². The summed E-state index contributed by atoms with van der Waals surface area (Å²) < 4.78 is 0. The summed E-state index contributed by atoms with van der Waals surface area (Å²) >= 11 is 7.51. The van der Waals surface area contributed by atoms with Crippen molar-refractivity contribution in [1.29, 1.82) is 0 Å². The van der Waals surface area contributed by atoms with Crippen molar-refractivity contribution in [3.63, 3.8) is 0 Å². The lowest BCUT2D eigenvalue weighted by Gasteiger charge is -2.17. The lowest BCUT2D eigenvalue weighted by atomic mass is 9.95. The van der Waals surface area contributed by atoms with Gasteiger partial charge in [0.2, 0.25) is 0 Å². The predicted molar refractivity (Wildman–Crippen MR) is 79.4 cm³/mol. The third-order valence-corrected chi connectivity index (χ3v) is 5.08. The van der Waals surface area contributed by atoms with Crippen molar-refractivity contribution in [3.05, 3.63) is 16.1 Å². The number of likely N-dealkylation sites (tertiary alicyclic amines) is 1. The molecule has 0 N–H and O–H groups in total. The molecular weight excluding hydrogens is 264 g/mol. The van der Waals surface area contributed by atoms with Crippen LogP contribution in [0.2, 0.25) is 0 Å². The standard InChI is InChI=1S/C14H23ClN2S/c1-11(2)12-5-7-17(9-12)6-3-4-14-16-13(8-15)10-18-14/h10-12H,3-9H2,1-2H3. The van der Waals surface area contributed by atoms with Crippen LogP contribution < -0.4 is 0 Å². The van der Waals surface area contributed by atoms with Gasteiger partial charge >= 0.3 is 0 Å². The Kier molecular flexibility index (Phi) is 5.46. The molecule has 1 aliphatic heterocycles. The molecule has 1 aromatic heterocycles. The number of rotatable bonds is 6.